The fraction of sp³-hybridized carbons (Fsp3) is 0.733. The van der Waals surface area contributed by atoms with Crippen LogP contribution in [0.1, 0.15) is 32.1 Å². The number of carboxylic acids is 1. The number of hydrogen-bond acceptors (Lipinski definition) is 3. The van der Waals surface area contributed by atoms with Gasteiger partial charge < -0.3 is 20.1 Å². The Kier molecular flexibility index (Phi) is 5.02. The van der Waals surface area contributed by atoms with Crippen LogP contribution in [0.4, 0.5) is 0 Å². The molecule has 4 atom stereocenters. The van der Waals surface area contributed by atoms with E-state index in [4.69, 9.17) is 6.42 Å². The first-order chi connectivity index (χ1) is 9.60. The van der Waals surface area contributed by atoms with E-state index in [0.29, 0.717) is 30.8 Å². The number of rotatable bonds is 6. The lowest BCUT2D eigenvalue weighted by Crippen LogP contribution is -3.20. The van der Waals surface area contributed by atoms with Gasteiger partial charge in [0, 0.05) is 25.2 Å². The van der Waals surface area contributed by atoms with Crippen molar-refractivity contribution in [3.63, 3.8) is 0 Å². The van der Waals surface area contributed by atoms with E-state index in [1.165, 1.54) is 11.3 Å². The van der Waals surface area contributed by atoms with Gasteiger partial charge in [-0.05, 0) is 18.8 Å². The molecule has 3 fully saturated rings. The van der Waals surface area contributed by atoms with E-state index in [9.17, 15) is 14.7 Å². The Bertz CT molecular complexity index is 416. The molecule has 2 N–H and O–H groups in total. The zero-order chi connectivity index (χ0) is 14.5. The Balaban J connectivity index is 1.69. The van der Waals surface area contributed by atoms with Crippen molar-refractivity contribution < 1.29 is 19.6 Å². The van der Waals surface area contributed by atoms with E-state index in [0.717, 1.165) is 19.5 Å². The molecule has 0 aromatic rings. The normalized spacial score (nSPS) is 31.6. The van der Waals surface area contributed by atoms with Gasteiger partial charge in [-0.1, -0.05) is 5.92 Å². The summed E-state index contributed by atoms with van der Waals surface area (Å²) in [6.45, 7) is 2.84. The number of amides is 1. The number of aliphatic carboxylic acids is 1. The van der Waals surface area contributed by atoms with Crippen LogP contribution in [0.2, 0.25) is 0 Å². The lowest BCUT2D eigenvalue weighted by atomic mass is 9.76. The van der Waals surface area contributed by atoms with E-state index in [-0.39, 0.29) is 18.7 Å². The number of nitrogens with one attached hydrogen (secondary N) is 2. The maximum absolute atomic E-state index is 11.6. The van der Waals surface area contributed by atoms with Crippen molar-refractivity contribution in [2.75, 3.05) is 19.6 Å². The van der Waals surface area contributed by atoms with Crippen LogP contribution in [-0.4, -0.2) is 37.6 Å². The molecular weight excluding hydrogens is 256 g/mol. The van der Waals surface area contributed by atoms with Crippen LogP contribution in [0.15, 0.2) is 0 Å². The molecule has 3 aliphatic heterocycles. The molecular formula is C15H22N2O3. The number of quaternary nitrogens is 1. The topological polar surface area (TPSA) is 73.7 Å². The minimum absolute atomic E-state index is 0.0554. The van der Waals surface area contributed by atoms with E-state index < -0.39 is 5.97 Å². The summed E-state index contributed by atoms with van der Waals surface area (Å²) in [5, 5.41) is 13.2. The van der Waals surface area contributed by atoms with Crippen LogP contribution in [0.3, 0.4) is 0 Å². The van der Waals surface area contributed by atoms with Gasteiger partial charge in [-0.3, -0.25) is 4.79 Å². The fourth-order valence-electron chi connectivity index (χ4n) is 3.45. The van der Waals surface area contributed by atoms with Gasteiger partial charge in [0.1, 0.15) is 6.04 Å². The molecule has 0 aromatic heterocycles. The maximum Gasteiger partial charge on any atom is 0.220 e. The van der Waals surface area contributed by atoms with Crippen molar-refractivity contribution in [3.05, 3.63) is 0 Å². The molecule has 0 saturated carbocycles. The van der Waals surface area contributed by atoms with Crippen LogP contribution in [0.5, 0.6) is 0 Å². The van der Waals surface area contributed by atoms with Crippen LogP contribution < -0.4 is 15.3 Å². The number of fused-ring (bicyclic) bond motifs is 3. The van der Waals surface area contributed by atoms with Gasteiger partial charge in [-0.15, -0.1) is 6.42 Å². The summed E-state index contributed by atoms with van der Waals surface area (Å²) in [4.78, 5) is 23.4. The van der Waals surface area contributed by atoms with Crippen LogP contribution in [-0.2, 0) is 9.59 Å². The van der Waals surface area contributed by atoms with Gasteiger partial charge in [0.25, 0.3) is 0 Å². The Morgan fingerprint density at radius 2 is 2.20 bits per heavy atom. The highest BCUT2D eigenvalue weighted by molar-refractivity contribution is 5.76. The standard InChI is InChI=1S/C15H22N2O3/c1-2-11-10-17-7-6-12(11)8-13(17)9-16-14(18)4-3-5-15(19)20/h1,11-13H,3-10H2,(H,16,18)(H,19,20)/t11-,12+,13+/m0/s1. The average Bonchev–Trinajstić information content (AvgIpc) is 2.45. The van der Waals surface area contributed by atoms with Crippen molar-refractivity contribution >= 4 is 11.9 Å². The van der Waals surface area contributed by atoms with Crippen molar-refractivity contribution in [2.24, 2.45) is 11.8 Å². The molecule has 0 aliphatic carbocycles. The highest BCUT2D eigenvalue weighted by Crippen LogP contribution is 2.25. The van der Waals surface area contributed by atoms with Crippen molar-refractivity contribution in [1.29, 1.82) is 0 Å². The van der Waals surface area contributed by atoms with Crippen molar-refractivity contribution in [1.82, 2.24) is 5.32 Å². The zero-order valence-corrected chi connectivity index (χ0v) is 11.7. The number of carbonyl (C=O) groups excluding carboxylic acids is 2. The Labute approximate surface area is 119 Å². The summed E-state index contributed by atoms with van der Waals surface area (Å²) in [7, 11) is 0. The minimum atomic E-state index is -1.10. The second-order valence-corrected chi connectivity index (χ2v) is 5.90. The molecule has 1 unspecified atom stereocenters. The number of carbonyl (C=O) groups is 2. The van der Waals surface area contributed by atoms with Gasteiger partial charge in [0.05, 0.1) is 25.6 Å². The zero-order valence-electron chi connectivity index (χ0n) is 11.7. The first-order valence-corrected chi connectivity index (χ1v) is 7.37. The number of piperidine rings is 3. The molecule has 110 valence electrons. The minimum Gasteiger partial charge on any atom is -0.550 e. The first kappa shape index (κ1) is 14.9. The molecule has 0 radical (unpaired) electrons. The molecule has 3 saturated heterocycles. The Hall–Kier alpha value is -1.54. The SMILES string of the molecule is C#C[C@H]1C[NH+]2CC[C@@H]1C[C@@H]2CNC(=O)CCCC(=O)[O-]. The smallest absolute Gasteiger partial charge is 0.220 e. The fourth-order valence-corrected chi connectivity index (χ4v) is 3.45. The molecule has 3 rings (SSSR count). The second-order valence-electron chi connectivity index (χ2n) is 5.90. The van der Waals surface area contributed by atoms with Gasteiger partial charge in [0.15, 0.2) is 0 Å². The van der Waals surface area contributed by atoms with E-state index in [1.807, 2.05) is 0 Å². The number of terminal acetylenes is 1. The summed E-state index contributed by atoms with van der Waals surface area (Å²) in [5.74, 6) is 2.73. The molecule has 0 aromatic carbocycles. The van der Waals surface area contributed by atoms with Crippen LogP contribution >= 0.6 is 0 Å². The molecule has 5 heteroatoms. The molecule has 5 nitrogen and oxygen atoms in total. The van der Waals surface area contributed by atoms with Gasteiger partial charge in [-0.2, -0.15) is 0 Å². The quantitative estimate of drug-likeness (QED) is 0.549. The third-order valence-corrected chi connectivity index (χ3v) is 4.60. The molecule has 1 amide bonds. The molecule has 3 aliphatic rings. The third-order valence-electron chi connectivity index (χ3n) is 4.60. The summed E-state index contributed by atoms with van der Waals surface area (Å²) in [5.41, 5.74) is 0. The first-order valence-electron chi connectivity index (χ1n) is 7.37. The molecule has 20 heavy (non-hydrogen) atoms. The third kappa shape index (κ3) is 3.73. The largest absolute Gasteiger partial charge is 0.550 e. The molecule has 3 heterocycles. The summed E-state index contributed by atoms with van der Waals surface area (Å²) >= 11 is 0. The summed E-state index contributed by atoms with van der Waals surface area (Å²) in [6.07, 6.45) is 8.38. The van der Waals surface area contributed by atoms with Crippen molar-refractivity contribution in [2.45, 2.75) is 38.1 Å². The highest BCUT2D eigenvalue weighted by Gasteiger charge is 2.42. The van der Waals surface area contributed by atoms with Gasteiger partial charge in [0.2, 0.25) is 5.91 Å². The van der Waals surface area contributed by atoms with E-state index in [2.05, 4.69) is 11.2 Å². The van der Waals surface area contributed by atoms with Crippen LogP contribution in [0, 0.1) is 24.2 Å². The maximum atomic E-state index is 11.6. The highest BCUT2D eigenvalue weighted by atomic mass is 16.4. The Morgan fingerprint density at radius 1 is 1.40 bits per heavy atom. The number of hydrogen-bond donors (Lipinski definition) is 2. The number of carboxylic acid groups (broad SMARTS) is 1. The Morgan fingerprint density at radius 3 is 2.80 bits per heavy atom. The predicted octanol–water partition coefficient (Wildman–Crippen LogP) is -2.05. The predicted molar refractivity (Wildman–Crippen MR) is 71.4 cm³/mol. The van der Waals surface area contributed by atoms with Gasteiger partial charge >= 0.3 is 0 Å². The summed E-state index contributed by atoms with van der Waals surface area (Å²) in [6, 6.07) is 0.462. The summed E-state index contributed by atoms with van der Waals surface area (Å²) < 4.78 is 0. The average molecular weight is 278 g/mol. The van der Waals surface area contributed by atoms with Gasteiger partial charge in [-0.25, -0.2) is 0 Å². The van der Waals surface area contributed by atoms with E-state index >= 15 is 0 Å². The van der Waals surface area contributed by atoms with E-state index in [1.54, 1.807) is 0 Å². The lowest BCUT2D eigenvalue weighted by molar-refractivity contribution is -0.943. The van der Waals surface area contributed by atoms with Crippen molar-refractivity contribution in [3.8, 4) is 12.3 Å². The lowest BCUT2D eigenvalue weighted by Gasteiger charge is -2.45. The molecule has 0 spiro atoms. The van der Waals surface area contributed by atoms with Crippen LogP contribution in [0.25, 0.3) is 0 Å². The monoisotopic (exact) mass is 278 g/mol. The second kappa shape index (κ2) is 6.76. The molecule has 2 bridgehead atoms.